The van der Waals surface area contributed by atoms with E-state index in [1.165, 1.54) is 31.7 Å². The summed E-state index contributed by atoms with van der Waals surface area (Å²) in [5.74, 6) is -0.470. The zero-order chi connectivity index (χ0) is 26.1. The van der Waals surface area contributed by atoms with Gasteiger partial charge in [-0.15, -0.1) is 0 Å². The van der Waals surface area contributed by atoms with Gasteiger partial charge in [0.1, 0.15) is 0 Å². The highest BCUT2D eigenvalue weighted by atomic mass is 32.2. The van der Waals surface area contributed by atoms with Crippen LogP contribution < -0.4 is 4.72 Å². The number of rotatable bonds is 18. The number of nitrogens with one attached hydrogen (secondary N) is 1. The van der Waals surface area contributed by atoms with Gasteiger partial charge in [-0.2, -0.15) is 0 Å². The maximum Gasteiger partial charge on any atom is 0.264 e. The number of benzene rings is 2. The minimum Gasteiger partial charge on any atom is -0.389 e. The Kier molecular flexibility index (Phi) is 14.1. The third kappa shape index (κ3) is 12.0. The number of aliphatic hydroxyl groups excluding tert-OH is 1. The number of carbonyl (C=O) groups is 1. The summed E-state index contributed by atoms with van der Waals surface area (Å²) in [5.41, 5.74) is 0. The Hall–Kier alpha value is -2.44. The van der Waals surface area contributed by atoms with Crippen LogP contribution in [-0.4, -0.2) is 25.5 Å². The van der Waals surface area contributed by atoms with Crippen molar-refractivity contribution in [1.82, 2.24) is 4.72 Å². The molecule has 2 aromatic rings. The Balaban J connectivity index is 1.50. The van der Waals surface area contributed by atoms with Crippen LogP contribution in [0.15, 0.2) is 71.7 Å². The molecule has 0 aliphatic rings. The molecule has 0 aromatic heterocycles. The number of hydrogen-bond donors (Lipinski definition) is 2. The van der Waals surface area contributed by atoms with Gasteiger partial charge < -0.3 is 5.11 Å². The first-order valence-corrected chi connectivity index (χ1v) is 14.9. The summed E-state index contributed by atoms with van der Waals surface area (Å²) in [6.07, 6.45) is 20.7. The van der Waals surface area contributed by atoms with Crippen LogP contribution in [-0.2, 0) is 14.8 Å². The number of carbonyl (C=O) groups excluding carboxylic acids is 1. The first-order valence-electron chi connectivity index (χ1n) is 13.5. The molecular weight excluding hydrogens is 470 g/mol. The highest BCUT2D eigenvalue weighted by molar-refractivity contribution is 7.90. The Morgan fingerprint density at radius 2 is 1.50 bits per heavy atom. The molecule has 36 heavy (non-hydrogen) atoms. The fraction of sp³-hybridized carbons (Fsp3) is 0.500. The van der Waals surface area contributed by atoms with Crippen LogP contribution in [0.3, 0.4) is 0 Å². The quantitative estimate of drug-likeness (QED) is 0.163. The van der Waals surface area contributed by atoms with Gasteiger partial charge in [0.2, 0.25) is 5.91 Å². The number of allylic oxidation sites excluding steroid dienone is 3. The summed E-state index contributed by atoms with van der Waals surface area (Å²) in [6.45, 7) is 2.14. The molecule has 0 saturated heterocycles. The average Bonchev–Trinajstić information content (AvgIpc) is 2.87. The van der Waals surface area contributed by atoms with Crippen LogP contribution in [0.4, 0.5) is 0 Å². The highest BCUT2D eigenvalue weighted by Gasteiger charge is 2.17. The molecule has 2 aromatic carbocycles. The summed E-state index contributed by atoms with van der Waals surface area (Å²) in [6, 6.07) is 12.4. The van der Waals surface area contributed by atoms with Crippen LogP contribution >= 0.6 is 0 Å². The van der Waals surface area contributed by atoms with Gasteiger partial charge in [-0.05, 0) is 67.9 Å². The van der Waals surface area contributed by atoms with Gasteiger partial charge in [0, 0.05) is 6.42 Å². The molecule has 0 bridgehead atoms. The van der Waals surface area contributed by atoms with E-state index in [1.54, 1.807) is 12.1 Å². The fourth-order valence-corrected chi connectivity index (χ4v) is 5.08. The number of aliphatic hydroxyl groups is 1. The van der Waals surface area contributed by atoms with Crippen molar-refractivity contribution in [3.8, 4) is 0 Å². The van der Waals surface area contributed by atoms with E-state index in [0.29, 0.717) is 6.42 Å². The Bertz CT molecular complexity index is 1080. The number of amides is 1. The van der Waals surface area contributed by atoms with Crippen LogP contribution in [0.2, 0.25) is 0 Å². The number of fused-ring (bicyclic) bond motifs is 1. The molecule has 0 aliphatic heterocycles. The fourth-order valence-electron chi connectivity index (χ4n) is 4.03. The molecule has 5 nitrogen and oxygen atoms in total. The van der Waals surface area contributed by atoms with Crippen LogP contribution in [0, 0.1) is 0 Å². The summed E-state index contributed by atoms with van der Waals surface area (Å²) in [5, 5.41) is 11.5. The maximum absolute atomic E-state index is 12.5. The van der Waals surface area contributed by atoms with E-state index in [2.05, 4.69) is 29.9 Å². The van der Waals surface area contributed by atoms with E-state index in [0.717, 1.165) is 55.7 Å². The molecule has 0 radical (unpaired) electrons. The second-order valence-electron chi connectivity index (χ2n) is 9.38. The van der Waals surface area contributed by atoms with Crippen molar-refractivity contribution >= 4 is 26.7 Å². The molecule has 1 amide bonds. The van der Waals surface area contributed by atoms with Crippen molar-refractivity contribution in [3.05, 3.63) is 66.8 Å². The molecule has 0 aliphatic carbocycles. The second kappa shape index (κ2) is 17.1. The average molecular weight is 514 g/mol. The van der Waals surface area contributed by atoms with E-state index in [1.807, 2.05) is 30.3 Å². The smallest absolute Gasteiger partial charge is 0.264 e. The predicted molar refractivity (Wildman–Crippen MR) is 149 cm³/mol. The number of hydrogen-bond acceptors (Lipinski definition) is 4. The monoisotopic (exact) mass is 513 g/mol. The van der Waals surface area contributed by atoms with Crippen molar-refractivity contribution in [1.29, 1.82) is 0 Å². The second-order valence-corrected chi connectivity index (χ2v) is 11.1. The lowest BCUT2D eigenvalue weighted by Gasteiger charge is -2.07. The summed E-state index contributed by atoms with van der Waals surface area (Å²) >= 11 is 0. The maximum atomic E-state index is 12.5. The molecule has 0 heterocycles. The summed E-state index contributed by atoms with van der Waals surface area (Å²) in [7, 11) is -3.86. The zero-order valence-electron chi connectivity index (χ0n) is 21.7. The molecule has 6 heteroatoms. The summed E-state index contributed by atoms with van der Waals surface area (Å²) in [4.78, 5) is 12.2. The Morgan fingerprint density at radius 1 is 0.861 bits per heavy atom. The van der Waals surface area contributed by atoms with Crippen LogP contribution in [0.1, 0.15) is 90.4 Å². The molecular formula is C30H43NO4S. The van der Waals surface area contributed by atoms with Gasteiger partial charge in [0.05, 0.1) is 11.0 Å². The normalized spacial score (nSPS) is 13.1. The topological polar surface area (TPSA) is 83.5 Å². The Morgan fingerprint density at radius 3 is 2.22 bits per heavy atom. The molecule has 198 valence electrons. The van der Waals surface area contributed by atoms with Crippen molar-refractivity contribution in [2.45, 2.75) is 101 Å². The first kappa shape index (κ1) is 29.8. The SMILES string of the molecule is CCCC[C@@H](O)C=CCCCCCCCC=CCCCC(=O)NS(=O)(=O)c1ccc2ccccc2c1. The van der Waals surface area contributed by atoms with E-state index < -0.39 is 15.9 Å². The van der Waals surface area contributed by atoms with Crippen molar-refractivity contribution in [2.75, 3.05) is 0 Å². The molecule has 1 atom stereocenters. The largest absolute Gasteiger partial charge is 0.389 e. The van der Waals surface area contributed by atoms with Crippen molar-refractivity contribution in [2.24, 2.45) is 0 Å². The van der Waals surface area contributed by atoms with Gasteiger partial charge >= 0.3 is 0 Å². The molecule has 0 unspecified atom stereocenters. The summed E-state index contributed by atoms with van der Waals surface area (Å²) < 4.78 is 27.2. The van der Waals surface area contributed by atoms with Gasteiger partial charge in [0.15, 0.2) is 0 Å². The van der Waals surface area contributed by atoms with Crippen molar-refractivity contribution in [3.63, 3.8) is 0 Å². The van der Waals surface area contributed by atoms with E-state index in [9.17, 15) is 18.3 Å². The van der Waals surface area contributed by atoms with Gasteiger partial charge in [-0.3, -0.25) is 4.79 Å². The van der Waals surface area contributed by atoms with E-state index >= 15 is 0 Å². The number of unbranched alkanes of at least 4 members (excludes halogenated alkanes) is 8. The minimum atomic E-state index is -3.86. The Labute approximate surface area is 217 Å². The number of sulfonamides is 1. The highest BCUT2D eigenvalue weighted by Crippen LogP contribution is 2.19. The predicted octanol–water partition coefficient (Wildman–Crippen LogP) is 7.21. The lowest BCUT2D eigenvalue weighted by atomic mass is 10.1. The standard InChI is InChI=1S/C30H43NO4S/c1-2-3-20-28(32)21-14-12-10-8-6-4-5-7-9-11-13-15-22-30(33)31-36(34,35)29-24-23-26-18-16-17-19-27(26)25-29/h9,11,14,16-19,21,23-25,28,32H,2-8,10,12-13,15,20,22H2,1H3,(H,31,33)/t28-/m1/s1. The van der Waals surface area contributed by atoms with E-state index in [4.69, 9.17) is 0 Å². The van der Waals surface area contributed by atoms with Gasteiger partial charge in [0.25, 0.3) is 10.0 Å². The zero-order valence-corrected chi connectivity index (χ0v) is 22.5. The minimum absolute atomic E-state index is 0.104. The van der Waals surface area contributed by atoms with Gasteiger partial charge in [-0.25, -0.2) is 13.1 Å². The lowest BCUT2D eigenvalue weighted by Crippen LogP contribution is -2.30. The third-order valence-electron chi connectivity index (χ3n) is 6.17. The van der Waals surface area contributed by atoms with E-state index in [-0.39, 0.29) is 17.4 Å². The lowest BCUT2D eigenvalue weighted by molar-refractivity contribution is -0.119. The van der Waals surface area contributed by atoms with Crippen LogP contribution in [0.5, 0.6) is 0 Å². The first-order chi connectivity index (χ1) is 17.4. The molecule has 0 fully saturated rings. The van der Waals surface area contributed by atoms with Gasteiger partial charge in [-0.1, -0.05) is 93.7 Å². The third-order valence-corrected chi connectivity index (χ3v) is 7.54. The molecule has 2 N–H and O–H groups in total. The molecule has 0 saturated carbocycles. The van der Waals surface area contributed by atoms with Crippen LogP contribution in [0.25, 0.3) is 10.8 Å². The van der Waals surface area contributed by atoms with Crippen molar-refractivity contribution < 1.29 is 18.3 Å². The molecule has 2 rings (SSSR count). The molecule has 0 spiro atoms.